The summed E-state index contributed by atoms with van der Waals surface area (Å²) in [5, 5.41) is 4.53. The van der Waals surface area contributed by atoms with Gasteiger partial charge in [0.2, 0.25) is 0 Å². The summed E-state index contributed by atoms with van der Waals surface area (Å²) in [6.07, 6.45) is -1.84. The van der Waals surface area contributed by atoms with E-state index in [1.807, 2.05) is 13.8 Å². The van der Waals surface area contributed by atoms with E-state index in [-0.39, 0.29) is 25.5 Å². The largest absolute Gasteiger partial charge is 0.469 e. The molecule has 0 fully saturated rings. The van der Waals surface area contributed by atoms with Crippen molar-refractivity contribution in [2.24, 2.45) is 0 Å². The Morgan fingerprint density at radius 2 is 1.83 bits per heavy atom. The quantitative estimate of drug-likeness (QED) is 0.550. The van der Waals surface area contributed by atoms with Gasteiger partial charge in [-0.15, -0.1) is 0 Å². The zero-order valence-electron chi connectivity index (χ0n) is 17.7. The standard InChI is InChI=1S/C21H27F2N3O4/c1-14-18(9-10-20(27)30-4)15(2)26(24-14)17-7-5-16(6-8-17)21(28)25(11-12-29-3)13-19(22)23/h5-8,19H,9-13H2,1-4H3. The average Bonchev–Trinajstić information content (AvgIpc) is 3.02. The molecule has 0 atom stereocenters. The molecule has 2 aromatic rings. The fourth-order valence-electron chi connectivity index (χ4n) is 3.19. The highest BCUT2D eigenvalue weighted by Gasteiger charge is 2.20. The number of methoxy groups -OCH3 is 2. The molecular formula is C21H27F2N3O4. The molecule has 0 saturated heterocycles. The Morgan fingerprint density at radius 3 is 2.40 bits per heavy atom. The van der Waals surface area contributed by atoms with Gasteiger partial charge in [0.05, 0.1) is 31.6 Å². The van der Waals surface area contributed by atoms with Crippen LogP contribution < -0.4 is 0 Å². The second-order valence-corrected chi connectivity index (χ2v) is 6.82. The number of alkyl halides is 2. The summed E-state index contributed by atoms with van der Waals surface area (Å²) in [5.74, 6) is -0.766. The van der Waals surface area contributed by atoms with Crippen molar-refractivity contribution in [3.63, 3.8) is 0 Å². The number of hydrogen-bond donors (Lipinski definition) is 0. The van der Waals surface area contributed by atoms with E-state index in [1.54, 1.807) is 28.9 Å². The molecular weight excluding hydrogens is 396 g/mol. The van der Waals surface area contributed by atoms with Crippen molar-refractivity contribution in [2.75, 3.05) is 33.9 Å². The molecule has 0 bridgehead atoms. The lowest BCUT2D eigenvalue weighted by Gasteiger charge is -2.22. The highest BCUT2D eigenvalue weighted by atomic mass is 19.3. The van der Waals surface area contributed by atoms with Crippen molar-refractivity contribution in [3.8, 4) is 5.69 Å². The molecule has 0 aliphatic carbocycles. The number of aromatic nitrogens is 2. The van der Waals surface area contributed by atoms with Crippen molar-refractivity contribution in [3.05, 3.63) is 46.8 Å². The van der Waals surface area contributed by atoms with Crippen LogP contribution in [0.4, 0.5) is 8.78 Å². The zero-order chi connectivity index (χ0) is 22.3. The zero-order valence-corrected chi connectivity index (χ0v) is 17.7. The van der Waals surface area contributed by atoms with Gasteiger partial charge >= 0.3 is 5.97 Å². The van der Waals surface area contributed by atoms with Crippen molar-refractivity contribution in [2.45, 2.75) is 33.1 Å². The summed E-state index contributed by atoms with van der Waals surface area (Å²) in [6.45, 7) is 3.39. The number of ether oxygens (including phenoxy) is 2. The van der Waals surface area contributed by atoms with E-state index in [4.69, 9.17) is 4.74 Å². The Hall–Kier alpha value is -2.81. The Bertz CT molecular complexity index is 866. The molecule has 1 amide bonds. The van der Waals surface area contributed by atoms with Gasteiger partial charge < -0.3 is 14.4 Å². The van der Waals surface area contributed by atoms with Crippen molar-refractivity contribution in [1.82, 2.24) is 14.7 Å². The molecule has 0 aliphatic heterocycles. The van der Waals surface area contributed by atoms with Gasteiger partial charge in [0, 0.05) is 31.3 Å². The molecule has 0 spiro atoms. The number of esters is 1. The molecule has 164 valence electrons. The lowest BCUT2D eigenvalue weighted by Crippen LogP contribution is -2.37. The summed E-state index contributed by atoms with van der Waals surface area (Å²) in [6, 6.07) is 6.61. The first-order valence-electron chi connectivity index (χ1n) is 9.57. The number of benzene rings is 1. The van der Waals surface area contributed by atoms with Crippen LogP contribution in [0.25, 0.3) is 5.69 Å². The highest BCUT2D eigenvalue weighted by molar-refractivity contribution is 5.94. The molecule has 1 aromatic carbocycles. The Labute approximate surface area is 174 Å². The second-order valence-electron chi connectivity index (χ2n) is 6.82. The van der Waals surface area contributed by atoms with Crippen molar-refractivity contribution >= 4 is 11.9 Å². The van der Waals surface area contributed by atoms with Crippen LogP contribution >= 0.6 is 0 Å². The maximum Gasteiger partial charge on any atom is 0.305 e. The molecule has 0 radical (unpaired) electrons. The number of carbonyl (C=O) groups excluding carboxylic acids is 2. The first-order chi connectivity index (χ1) is 14.3. The van der Waals surface area contributed by atoms with Gasteiger partial charge in [0.15, 0.2) is 0 Å². The van der Waals surface area contributed by atoms with Crippen LogP contribution in [0.1, 0.15) is 33.7 Å². The van der Waals surface area contributed by atoms with Crippen LogP contribution in [-0.2, 0) is 20.7 Å². The highest BCUT2D eigenvalue weighted by Crippen LogP contribution is 2.20. The molecule has 0 unspecified atom stereocenters. The van der Waals surface area contributed by atoms with E-state index < -0.39 is 18.9 Å². The van der Waals surface area contributed by atoms with Crippen LogP contribution in [0.3, 0.4) is 0 Å². The fraction of sp³-hybridized carbons (Fsp3) is 0.476. The monoisotopic (exact) mass is 423 g/mol. The SMILES string of the molecule is COCCN(CC(F)F)C(=O)c1ccc(-n2nc(C)c(CCC(=O)OC)c2C)cc1. The van der Waals surface area contributed by atoms with Gasteiger partial charge in [-0.05, 0) is 50.1 Å². The number of carbonyl (C=O) groups is 2. The van der Waals surface area contributed by atoms with Gasteiger partial charge in [-0.1, -0.05) is 0 Å². The van der Waals surface area contributed by atoms with E-state index in [1.165, 1.54) is 14.2 Å². The van der Waals surface area contributed by atoms with E-state index in [2.05, 4.69) is 9.84 Å². The minimum absolute atomic E-state index is 0.0858. The third-order valence-corrected chi connectivity index (χ3v) is 4.82. The Morgan fingerprint density at radius 1 is 1.17 bits per heavy atom. The molecule has 9 heteroatoms. The second kappa shape index (κ2) is 10.8. The van der Waals surface area contributed by atoms with Crippen LogP contribution in [0.15, 0.2) is 24.3 Å². The van der Waals surface area contributed by atoms with Gasteiger partial charge in [0.25, 0.3) is 12.3 Å². The Kier molecular flexibility index (Phi) is 8.46. The van der Waals surface area contributed by atoms with Gasteiger partial charge in [-0.25, -0.2) is 13.5 Å². The smallest absolute Gasteiger partial charge is 0.305 e. The summed E-state index contributed by atoms with van der Waals surface area (Å²) < 4.78 is 37.0. The van der Waals surface area contributed by atoms with Gasteiger partial charge in [0.1, 0.15) is 0 Å². The topological polar surface area (TPSA) is 73.7 Å². The number of nitrogens with zero attached hydrogens (tertiary/aromatic N) is 3. The van der Waals surface area contributed by atoms with Gasteiger partial charge in [-0.3, -0.25) is 9.59 Å². The number of aryl methyl sites for hydroxylation is 1. The molecule has 2 rings (SSSR count). The van der Waals surface area contributed by atoms with Gasteiger partial charge in [-0.2, -0.15) is 5.10 Å². The first-order valence-corrected chi connectivity index (χ1v) is 9.57. The third kappa shape index (κ3) is 5.85. The maximum absolute atomic E-state index is 12.8. The van der Waals surface area contributed by atoms with Crippen LogP contribution in [0.5, 0.6) is 0 Å². The molecule has 1 aromatic heterocycles. The van der Waals surface area contributed by atoms with E-state index in [0.29, 0.717) is 12.0 Å². The van der Waals surface area contributed by atoms with Crippen molar-refractivity contribution in [1.29, 1.82) is 0 Å². The molecule has 0 saturated carbocycles. The normalized spacial score (nSPS) is 11.0. The van der Waals surface area contributed by atoms with Crippen molar-refractivity contribution < 1.29 is 27.8 Å². The van der Waals surface area contributed by atoms with E-state index in [9.17, 15) is 18.4 Å². The molecule has 0 aliphatic rings. The predicted molar refractivity (Wildman–Crippen MR) is 107 cm³/mol. The molecule has 1 heterocycles. The number of amides is 1. The third-order valence-electron chi connectivity index (χ3n) is 4.82. The molecule has 7 nitrogen and oxygen atoms in total. The van der Waals surface area contributed by atoms with Crippen LogP contribution in [0.2, 0.25) is 0 Å². The molecule has 30 heavy (non-hydrogen) atoms. The number of halogens is 2. The Balaban J connectivity index is 2.20. The molecule has 0 N–H and O–H groups in total. The summed E-state index contributed by atoms with van der Waals surface area (Å²) in [7, 11) is 2.81. The van der Waals surface area contributed by atoms with Crippen LogP contribution in [0, 0.1) is 13.8 Å². The summed E-state index contributed by atoms with van der Waals surface area (Å²) in [4.78, 5) is 25.1. The lowest BCUT2D eigenvalue weighted by atomic mass is 10.1. The lowest BCUT2D eigenvalue weighted by molar-refractivity contribution is -0.140. The maximum atomic E-state index is 12.8. The predicted octanol–water partition coefficient (Wildman–Crippen LogP) is 2.95. The first kappa shape index (κ1) is 23.5. The minimum atomic E-state index is -2.62. The number of hydrogen-bond acceptors (Lipinski definition) is 5. The summed E-state index contributed by atoms with van der Waals surface area (Å²) in [5.41, 5.74) is 3.69. The summed E-state index contributed by atoms with van der Waals surface area (Å²) >= 11 is 0. The van der Waals surface area contributed by atoms with E-state index >= 15 is 0 Å². The average molecular weight is 423 g/mol. The fourth-order valence-corrected chi connectivity index (χ4v) is 3.19. The van der Waals surface area contributed by atoms with E-state index in [0.717, 1.165) is 27.5 Å². The van der Waals surface area contributed by atoms with Crippen LogP contribution in [-0.4, -0.2) is 66.9 Å². The number of rotatable bonds is 10. The minimum Gasteiger partial charge on any atom is -0.469 e.